The maximum absolute atomic E-state index is 11.8. The largest absolute Gasteiger partial charge is 0.479 e. The average molecular weight is 288 g/mol. The van der Waals surface area contributed by atoms with E-state index in [0.29, 0.717) is 11.3 Å². The first-order valence-electron chi connectivity index (χ1n) is 6.43. The minimum atomic E-state index is -1.12. The van der Waals surface area contributed by atoms with Crippen molar-refractivity contribution in [1.82, 2.24) is 10.6 Å². The van der Waals surface area contributed by atoms with Crippen LogP contribution in [0, 0.1) is 6.92 Å². The van der Waals surface area contributed by atoms with Crippen LogP contribution in [0.1, 0.15) is 23.1 Å². The highest BCUT2D eigenvalue weighted by molar-refractivity contribution is 5.83. The smallest absolute Gasteiger partial charge is 0.330 e. The Balaban J connectivity index is 1.94. The van der Waals surface area contributed by atoms with Crippen LogP contribution in [0.15, 0.2) is 46.9 Å². The van der Waals surface area contributed by atoms with E-state index in [1.54, 1.807) is 49.4 Å². The van der Waals surface area contributed by atoms with E-state index in [1.807, 2.05) is 0 Å². The summed E-state index contributed by atoms with van der Waals surface area (Å²) in [6, 6.07) is 10.4. The van der Waals surface area contributed by atoms with Crippen molar-refractivity contribution in [3.8, 4) is 0 Å². The Hall–Kier alpha value is -2.76. The molecule has 110 valence electrons. The van der Waals surface area contributed by atoms with Crippen molar-refractivity contribution in [1.29, 1.82) is 0 Å². The van der Waals surface area contributed by atoms with Crippen molar-refractivity contribution in [3.63, 3.8) is 0 Å². The van der Waals surface area contributed by atoms with Gasteiger partial charge in [0.1, 0.15) is 11.5 Å². The lowest BCUT2D eigenvalue weighted by atomic mass is 10.1. The van der Waals surface area contributed by atoms with Gasteiger partial charge in [-0.15, -0.1) is 0 Å². The summed E-state index contributed by atoms with van der Waals surface area (Å²) in [5, 5.41) is 14.2. The molecule has 0 fully saturated rings. The zero-order valence-corrected chi connectivity index (χ0v) is 11.5. The van der Waals surface area contributed by atoms with Crippen molar-refractivity contribution >= 4 is 12.0 Å². The highest BCUT2D eigenvalue weighted by Gasteiger charge is 2.21. The molecular weight excluding hydrogens is 272 g/mol. The number of carbonyl (C=O) groups excluding carboxylic acids is 1. The number of carbonyl (C=O) groups is 2. The van der Waals surface area contributed by atoms with Crippen LogP contribution in [-0.4, -0.2) is 17.1 Å². The molecule has 6 heteroatoms. The number of rotatable bonds is 5. The molecule has 2 rings (SSSR count). The summed E-state index contributed by atoms with van der Waals surface area (Å²) in [5.41, 5.74) is 0.508. The number of aryl methyl sites for hydroxylation is 1. The Bertz CT molecular complexity index is 622. The van der Waals surface area contributed by atoms with Gasteiger partial charge in [0, 0.05) is 0 Å². The highest BCUT2D eigenvalue weighted by Crippen LogP contribution is 2.12. The number of furan rings is 1. The second-order valence-corrected chi connectivity index (χ2v) is 4.52. The fourth-order valence-electron chi connectivity index (χ4n) is 1.86. The molecular formula is C15H16N2O4. The molecule has 0 bridgehead atoms. The van der Waals surface area contributed by atoms with Crippen molar-refractivity contribution < 1.29 is 19.1 Å². The van der Waals surface area contributed by atoms with Crippen LogP contribution in [0.2, 0.25) is 0 Å². The molecule has 3 N–H and O–H groups in total. The van der Waals surface area contributed by atoms with E-state index in [0.717, 1.165) is 5.76 Å². The molecule has 0 saturated carbocycles. The highest BCUT2D eigenvalue weighted by atomic mass is 16.4. The van der Waals surface area contributed by atoms with E-state index in [9.17, 15) is 14.7 Å². The first-order valence-corrected chi connectivity index (χ1v) is 6.43. The molecule has 2 aromatic rings. The van der Waals surface area contributed by atoms with Crippen molar-refractivity contribution in [2.45, 2.75) is 19.5 Å². The van der Waals surface area contributed by atoms with Crippen molar-refractivity contribution in [2.24, 2.45) is 0 Å². The molecule has 2 amide bonds. The number of urea groups is 1. The number of hydrogen-bond acceptors (Lipinski definition) is 3. The molecule has 0 aliphatic rings. The average Bonchev–Trinajstić information content (AvgIpc) is 2.89. The maximum Gasteiger partial charge on any atom is 0.330 e. The molecule has 1 aromatic carbocycles. The zero-order chi connectivity index (χ0) is 15.2. The van der Waals surface area contributed by atoms with Gasteiger partial charge in [-0.1, -0.05) is 30.3 Å². The van der Waals surface area contributed by atoms with Crippen LogP contribution in [-0.2, 0) is 11.3 Å². The second-order valence-electron chi connectivity index (χ2n) is 4.52. The van der Waals surface area contributed by atoms with Crippen LogP contribution >= 0.6 is 0 Å². The lowest BCUT2D eigenvalue weighted by molar-refractivity contribution is -0.139. The first kappa shape index (κ1) is 14.6. The van der Waals surface area contributed by atoms with Gasteiger partial charge in [0.05, 0.1) is 6.54 Å². The third kappa shape index (κ3) is 4.10. The van der Waals surface area contributed by atoms with Crippen LogP contribution in [0.4, 0.5) is 4.79 Å². The topological polar surface area (TPSA) is 91.6 Å². The van der Waals surface area contributed by atoms with Gasteiger partial charge in [-0.05, 0) is 24.6 Å². The lowest BCUT2D eigenvalue weighted by Crippen LogP contribution is -2.40. The number of benzene rings is 1. The Labute approximate surface area is 121 Å². The molecule has 1 aromatic heterocycles. The number of aliphatic carboxylic acids is 1. The van der Waals surface area contributed by atoms with Crippen molar-refractivity contribution in [2.75, 3.05) is 0 Å². The molecule has 21 heavy (non-hydrogen) atoms. The Morgan fingerprint density at radius 1 is 1.19 bits per heavy atom. The van der Waals surface area contributed by atoms with Crippen molar-refractivity contribution in [3.05, 3.63) is 59.5 Å². The van der Waals surface area contributed by atoms with Gasteiger partial charge >= 0.3 is 12.0 Å². The predicted octanol–water partition coefficient (Wildman–Crippen LogP) is 2.21. The summed E-state index contributed by atoms with van der Waals surface area (Å²) in [5.74, 6) is 0.235. The summed E-state index contributed by atoms with van der Waals surface area (Å²) < 4.78 is 5.31. The summed E-state index contributed by atoms with van der Waals surface area (Å²) in [4.78, 5) is 23.0. The van der Waals surface area contributed by atoms with Gasteiger partial charge < -0.3 is 20.2 Å². The summed E-state index contributed by atoms with van der Waals surface area (Å²) in [6.45, 7) is 2.00. The summed E-state index contributed by atoms with van der Waals surface area (Å²) >= 11 is 0. The standard InChI is InChI=1S/C15H16N2O4/c1-10-7-8-12(21-10)9-16-15(20)17-13(14(18)19)11-5-3-2-4-6-11/h2-8,13H,9H2,1H3,(H,18,19)(H2,16,17,20). The predicted molar refractivity (Wildman–Crippen MR) is 75.6 cm³/mol. The number of carboxylic acids is 1. The third-order valence-corrected chi connectivity index (χ3v) is 2.87. The summed E-state index contributed by atoms with van der Waals surface area (Å²) in [6.07, 6.45) is 0. The monoisotopic (exact) mass is 288 g/mol. The molecule has 1 atom stereocenters. The normalized spacial score (nSPS) is 11.7. The molecule has 0 saturated heterocycles. The second kappa shape index (κ2) is 6.60. The van der Waals surface area contributed by atoms with Gasteiger partial charge in [-0.25, -0.2) is 9.59 Å². The maximum atomic E-state index is 11.8. The SMILES string of the molecule is Cc1ccc(CNC(=O)NC(C(=O)O)c2ccccc2)o1. The molecule has 0 aliphatic heterocycles. The van der Waals surface area contributed by atoms with Crippen LogP contribution < -0.4 is 10.6 Å². The fraction of sp³-hybridized carbons (Fsp3) is 0.200. The van der Waals surface area contributed by atoms with Gasteiger partial charge in [0.2, 0.25) is 0 Å². The van der Waals surface area contributed by atoms with Gasteiger partial charge in [0.15, 0.2) is 6.04 Å². The van der Waals surface area contributed by atoms with E-state index in [1.165, 1.54) is 0 Å². The quantitative estimate of drug-likeness (QED) is 0.786. The molecule has 0 aliphatic carbocycles. The van der Waals surface area contributed by atoms with Crippen LogP contribution in [0.3, 0.4) is 0 Å². The first-order chi connectivity index (χ1) is 10.1. The molecule has 1 heterocycles. The van der Waals surface area contributed by atoms with Gasteiger partial charge in [0.25, 0.3) is 0 Å². The van der Waals surface area contributed by atoms with Gasteiger partial charge in [-0.3, -0.25) is 0 Å². The van der Waals surface area contributed by atoms with E-state index in [4.69, 9.17) is 4.42 Å². The van der Waals surface area contributed by atoms with E-state index in [2.05, 4.69) is 10.6 Å². The van der Waals surface area contributed by atoms with Crippen LogP contribution in [0.25, 0.3) is 0 Å². The van der Waals surface area contributed by atoms with E-state index >= 15 is 0 Å². The molecule has 0 spiro atoms. The minimum absolute atomic E-state index is 0.195. The fourth-order valence-corrected chi connectivity index (χ4v) is 1.86. The zero-order valence-electron chi connectivity index (χ0n) is 11.5. The molecule has 6 nitrogen and oxygen atoms in total. The van der Waals surface area contributed by atoms with E-state index < -0.39 is 18.0 Å². The minimum Gasteiger partial charge on any atom is -0.479 e. The molecule has 0 radical (unpaired) electrons. The number of nitrogens with one attached hydrogen (secondary N) is 2. The molecule has 1 unspecified atom stereocenters. The Morgan fingerprint density at radius 3 is 2.48 bits per heavy atom. The summed E-state index contributed by atoms with van der Waals surface area (Å²) in [7, 11) is 0. The Morgan fingerprint density at radius 2 is 1.90 bits per heavy atom. The number of amides is 2. The lowest BCUT2D eigenvalue weighted by Gasteiger charge is -2.15. The number of carboxylic acid groups (broad SMARTS) is 1. The number of hydrogen-bond donors (Lipinski definition) is 3. The van der Waals surface area contributed by atoms with Crippen LogP contribution in [0.5, 0.6) is 0 Å². The van der Waals surface area contributed by atoms with Gasteiger partial charge in [-0.2, -0.15) is 0 Å². The Kier molecular flexibility index (Phi) is 4.61. The third-order valence-electron chi connectivity index (χ3n) is 2.87. The van der Waals surface area contributed by atoms with E-state index in [-0.39, 0.29) is 6.54 Å².